The van der Waals surface area contributed by atoms with Crippen molar-refractivity contribution in [3.63, 3.8) is 0 Å². The van der Waals surface area contributed by atoms with Crippen LogP contribution in [0.3, 0.4) is 0 Å². The molecule has 0 radical (unpaired) electrons. The lowest BCUT2D eigenvalue weighted by molar-refractivity contribution is 0.0774. The molecule has 24 heavy (non-hydrogen) atoms. The Labute approximate surface area is 143 Å². The maximum Gasteiger partial charge on any atom is 0.256 e. The first kappa shape index (κ1) is 16.8. The van der Waals surface area contributed by atoms with Crippen LogP contribution in [0.25, 0.3) is 0 Å². The molecular weight excluding hydrogens is 304 g/mol. The van der Waals surface area contributed by atoms with Crippen LogP contribution in [-0.4, -0.2) is 42.8 Å². The van der Waals surface area contributed by atoms with E-state index in [9.17, 15) is 4.79 Å². The highest BCUT2D eigenvalue weighted by atomic mass is 16.5. The van der Waals surface area contributed by atoms with Crippen LogP contribution in [0.4, 0.5) is 5.69 Å². The third-order valence-corrected chi connectivity index (χ3v) is 4.59. The molecule has 2 heterocycles. The summed E-state index contributed by atoms with van der Waals surface area (Å²) < 4.78 is 11.5. The zero-order valence-corrected chi connectivity index (χ0v) is 14.9. The highest BCUT2D eigenvalue weighted by Gasteiger charge is 2.32. The Morgan fingerprint density at radius 3 is 2.79 bits per heavy atom. The van der Waals surface area contributed by atoms with Crippen molar-refractivity contribution in [2.75, 3.05) is 13.7 Å². The number of hydrogen-bond acceptors (Lipinski definition) is 4. The second-order valence-electron chi connectivity index (χ2n) is 7.06. The van der Waals surface area contributed by atoms with Gasteiger partial charge in [-0.25, -0.2) is 0 Å². The first-order chi connectivity index (χ1) is 11.5. The topological polar surface area (TPSA) is 51.1 Å². The van der Waals surface area contributed by atoms with Crippen LogP contribution in [0.15, 0.2) is 17.1 Å². The van der Waals surface area contributed by atoms with Gasteiger partial charge in [0, 0.05) is 18.8 Å². The Kier molecular flexibility index (Phi) is 4.78. The van der Waals surface area contributed by atoms with E-state index in [-0.39, 0.29) is 18.1 Å². The Morgan fingerprint density at radius 2 is 2.08 bits per heavy atom. The zero-order chi connectivity index (χ0) is 17.3. The van der Waals surface area contributed by atoms with E-state index >= 15 is 0 Å². The minimum absolute atomic E-state index is 0.0325. The van der Waals surface area contributed by atoms with Gasteiger partial charge in [-0.15, -0.1) is 0 Å². The number of benzene rings is 1. The molecule has 1 aromatic carbocycles. The average molecular weight is 330 g/mol. The van der Waals surface area contributed by atoms with Crippen molar-refractivity contribution in [3.05, 3.63) is 17.7 Å². The predicted octanol–water partition coefficient (Wildman–Crippen LogP) is 3.83. The summed E-state index contributed by atoms with van der Waals surface area (Å²) in [4.78, 5) is 19.3. The maximum absolute atomic E-state index is 12.8. The fourth-order valence-electron chi connectivity index (χ4n) is 3.53. The molecule has 5 heteroatoms. The third-order valence-electron chi connectivity index (χ3n) is 4.59. The molecule has 0 aromatic heterocycles. The molecule has 0 saturated carbocycles. The van der Waals surface area contributed by atoms with E-state index in [1.54, 1.807) is 13.2 Å². The second kappa shape index (κ2) is 6.83. The maximum atomic E-state index is 12.8. The SMILES string of the molecule is COc1cc2c(cc1OC(C)CC(C)C)N=CC1CCCN1C2=O. The summed E-state index contributed by atoms with van der Waals surface area (Å²) in [7, 11) is 1.60. The van der Waals surface area contributed by atoms with Crippen molar-refractivity contribution in [2.45, 2.75) is 52.2 Å². The number of methoxy groups -OCH3 is 1. The van der Waals surface area contributed by atoms with Crippen molar-refractivity contribution in [1.82, 2.24) is 4.90 Å². The smallest absolute Gasteiger partial charge is 0.256 e. The normalized spacial score (nSPS) is 20.6. The standard InChI is InChI=1S/C19H26N2O3/c1-12(2)8-13(3)24-18-10-16-15(9-17(18)23-4)19(22)21-7-5-6-14(21)11-20-16/h9-14H,5-8H2,1-4H3. The highest BCUT2D eigenvalue weighted by molar-refractivity contribution is 6.03. The molecule has 1 amide bonds. The number of aliphatic imine (C=N–C) groups is 1. The molecule has 0 bridgehead atoms. The number of ether oxygens (including phenoxy) is 2. The molecule has 0 N–H and O–H groups in total. The quantitative estimate of drug-likeness (QED) is 0.824. The lowest BCUT2D eigenvalue weighted by Gasteiger charge is -2.21. The van der Waals surface area contributed by atoms with Gasteiger partial charge in [0.25, 0.3) is 5.91 Å². The summed E-state index contributed by atoms with van der Waals surface area (Å²) in [6.07, 6.45) is 4.94. The first-order valence-electron chi connectivity index (χ1n) is 8.73. The van der Waals surface area contributed by atoms with Gasteiger partial charge in [0.05, 0.1) is 30.5 Å². The van der Waals surface area contributed by atoms with E-state index in [0.29, 0.717) is 28.7 Å². The average Bonchev–Trinajstić information content (AvgIpc) is 2.95. The molecule has 2 unspecified atom stereocenters. The molecule has 0 aliphatic carbocycles. The molecule has 0 spiro atoms. The van der Waals surface area contributed by atoms with E-state index in [1.807, 2.05) is 17.2 Å². The summed E-state index contributed by atoms with van der Waals surface area (Å²) in [5.41, 5.74) is 1.26. The van der Waals surface area contributed by atoms with E-state index in [2.05, 4.69) is 25.8 Å². The van der Waals surface area contributed by atoms with Gasteiger partial charge in [0.15, 0.2) is 11.5 Å². The van der Waals surface area contributed by atoms with Crippen LogP contribution in [0.5, 0.6) is 11.5 Å². The van der Waals surface area contributed by atoms with Crippen molar-refractivity contribution in [2.24, 2.45) is 10.9 Å². The van der Waals surface area contributed by atoms with Crippen molar-refractivity contribution in [3.8, 4) is 11.5 Å². The van der Waals surface area contributed by atoms with Gasteiger partial charge in [0.1, 0.15) is 0 Å². The lowest BCUT2D eigenvalue weighted by atomic mass is 10.1. The van der Waals surface area contributed by atoms with E-state index in [4.69, 9.17) is 9.47 Å². The van der Waals surface area contributed by atoms with Gasteiger partial charge >= 0.3 is 0 Å². The zero-order valence-electron chi connectivity index (χ0n) is 14.9. The van der Waals surface area contributed by atoms with Crippen molar-refractivity contribution in [1.29, 1.82) is 0 Å². The summed E-state index contributed by atoms with van der Waals surface area (Å²) in [6, 6.07) is 3.72. The van der Waals surface area contributed by atoms with Crippen LogP contribution >= 0.6 is 0 Å². The Hall–Kier alpha value is -2.04. The van der Waals surface area contributed by atoms with Crippen LogP contribution in [-0.2, 0) is 0 Å². The van der Waals surface area contributed by atoms with E-state index in [0.717, 1.165) is 25.8 Å². The van der Waals surface area contributed by atoms with Gasteiger partial charge in [-0.1, -0.05) is 13.8 Å². The number of hydrogen-bond donors (Lipinski definition) is 0. The van der Waals surface area contributed by atoms with Crippen LogP contribution in [0, 0.1) is 5.92 Å². The number of amides is 1. The minimum Gasteiger partial charge on any atom is -0.493 e. The van der Waals surface area contributed by atoms with Gasteiger partial charge < -0.3 is 14.4 Å². The lowest BCUT2D eigenvalue weighted by Crippen LogP contribution is -2.35. The molecule has 1 aromatic rings. The van der Waals surface area contributed by atoms with Gasteiger partial charge in [-0.3, -0.25) is 9.79 Å². The fourth-order valence-corrected chi connectivity index (χ4v) is 3.53. The Morgan fingerprint density at radius 1 is 1.29 bits per heavy atom. The number of rotatable bonds is 5. The molecule has 1 fully saturated rings. The summed E-state index contributed by atoms with van der Waals surface area (Å²) in [6.45, 7) is 7.19. The summed E-state index contributed by atoms with van der Waals surface area (Å²) in [5, 5.41) is 0. The van der Waals surface area contributed by atoms with Crippen molar-refractivity contribution < 1.29 is 14.3 Å². The van der Waals surface area contributed by atoms with E-state index in [1.165, 1.54) is 0 Å². The highest BCUT2D eigenvalue weighted by Crippen LogP contribution is 2.38. The predicted molar refractivity (Wildman–Crippen MR) is 94.7 cm³/mol. The minimum atomic E-state index is 0.0325. The Bertz CT molecular complexity index is 654. The number of fused-ring (bicyclic) bond motifs is 2. The molecule has 3 rings (SSSR count). The van der Waals surface area contributed by atoms with Gasteiger partial charge in [-0.2, -0.15) is 0 Å². The van der Waals surface area contributed by atoms with Crippen LogP contribution < -0.4 is 9.47 Å². The first-order valence-corrected chi connectivity index (χ1v) is 8.73. The molecular formula is C19H26N2O3. The molecule has 2 aliphatic rings. The number of carbonyl (C=O) groups excluding carboxylic acids is 1. The van der Waals surface area contributed by atoms with Gasteiger partial charge in [-0.05, 0) is 38.2 Å². The molecule has 5 nitrogen and oxygen atoms in total. The Balaban J connectivity index is 1.93. The second-order valence-corrected chi connectivity index (χ2v) is 7.06. The monoisotopic (exact) mass is 330 g/mol. The molecule has 1 saturated heterocycles. The van der Waals surface area contributed by atoms with E-state index < -0.39 is 0 Å². The fraction of sp³-hybridized carbons (Fsp3) is 0.579. The number of carbonyl (C=O) groups is 1. The summed E-state index contributed by atoms with van der Waals surface area (Å²) in [5.74, 6) is 1.82. The largest absolute Gasteiger partial charge is 0.493 e. The third kappa shape index (κ3) is 3.25. The van der Waals surface area contributed by atoms with Crippen LogP contribution in [0.1, 0.15) is 50.4 Å². The van der Waals surface area contributed by atoms with Crippen LogP contribution in [0.2, 0.25) is 0 Å². The molecule has 130 valence electrons. The summed E-state index contributed by atoms with van der Waals surface area (Å²) >= 11 is 0. The van der Waals surface area contributed by atoms with Gasteiger partial charge in [0.2, 0.25) is 0 Å². The molecule has 2 aliphatic heterocycles. The molecule has 2 atom stereocenters. The number of nitrogens with zero attached hydrogens (tertiary/aromatic N) is 2. The van der Waals surface area contributed by atoms with Crippen molar-refractivity contribution >= 4 is 17.8 Å².